The van der Waals surface area contributed by atoms with Gasteiger partial charge < -0.3 is 14.1 Å². The second kappa shape index (κ2) is 9.32. The zero-order chi connectivity index (χ0) is 21.8. The summed E-state index contributed by atoms with van der Waals surface area (Å²) < 4.78 is 10.6. The highest BCUT2D eigenvalue weighted by Gasteiger charge is 2.36. The van der Waals surface area contributed by atoms with Crippen LogP contribution in [0.4, 0.5) is 5.69 Å². The molecular weight excluding hydrogens is 442 g/mol. The molecule has 0 bridgehead atoms. The van der Waals surface area contributed by atoms with Gasteiger partial charge in [-0.15, -0.1) is 0 Å². The average Bonchev–Trinajstić information content (AvgIpc) is 3.17. The predicted octanol–water partition coefficient (Wildman–Crippen LogP) is 3.33. The molecule has 8 nitrogen and oxygen atoms in total. The molecular formula is C21H16ClN3O5S. The summed E-state index contributed by atoms with van der Waals surface area (Å²) in [4.78, 5) is 46.8. The number of esters is 1. The Morgan fingerprint density at radius 2 is 1.97 bits per heavy atom. The van der Waals surface area contributed by atoms with E-state index < -0.39 is 17.3 Å². The van der Waals surface area contributed by atoms with E-state index in [0.717, 1.165) is 6.26 Å². The Kier molecular flexibility index (Phi) is 6.34. The first-order valence-electron chi connectivity index (χ1n) is 9.29. The maximum atomic E-state index is 12.5. The molecule has 31 heavy (non-hydrogen) atoms. The Hall–Kier alpha value is -3.17. The molecule has 158 valence electrons. The molecule has 4 rings (SSSR count). The van der Waals surface area contributed by atoms with Gasteiger partial charge in [0.2, 0.25) is 17.1 Å². The predicted molar refractivity (Wildman–Crippen MR) is 114 cm³/mol. The number of aromatic nitrogens is 2. The SMILES string of the molecule is O=C(Oc1coc(CSc2ncccn2)cc1=O)C1CC(=O)N(c2ccc(Cl)cc2)C1. The third kappa shape index (κ3) is 5.12. The summed E-state index contributed by atoms with van der Waals surface area (Å²) in [6.07, 6.45) is 4.35. The maximum absolute atomic E-state index is 12.5. The van der Waals surface area contributed by atoms with Gasteiger partial charge in [0.1, 0.15) is 12.0 Å². The van der Waals surface area contributed by atoms with Gasteiger partial charge in [0.05, 0.1) is 11.7 Å². The Morgan fingerprint density at radius 1 is 1.23 bits per heavy atom. The molecule has 1 unspecified atom stereocenters. The number of nitrogens with zero attached hydrogens (tertiary/aromatic N) is 3. The molecule has 0 N–H and O–H groups in total. The fourth-order valence-corrected chi connectivity index (χ4v) is 3.83. The van der Waals surface area contributed by atoms with Gasteiger partial charge in [0, 0.05) is 42.1 Å². The highest BCUT2D eigenvalue weighted by Crippen LogP contribution is 2.27. The lowest BCUT2D eigenvalue weighted by Gasteiger charge is -2.16. The van der Waals surface area contributed by atoms with Gasteiger partial charge >= 0.3 is 5.97 Å². The van der Waals surface area contributed by atoms with Gasteiger partial charge in [-0.3, -0.25) is 14.4 Å². The van der Waals surface area contributed by atoms with E-state index >= 15 is 0 Å². The lowest BCUT2D eigenvalue weighted by molar-refractivity contribution is -0.139. The molecule has 0 radical (unpaired) electrons. The van der Waals surface area contributed by atoms with Gasteiger partial charge in [0.15, 0.2) is 5.16 Å². The number of carbonyl (C=O) groups is 2. The van der Waals surface area contributed by atoms with Crippen molar-refractivity contribution in [1.29, 1.82) is 0 Å². The zero-order valence-electron chi connectivity index (χ0n) is 16.1. The highest BCUT2D eigenvalue weighted by molar-refractivity contribution is 7.98. The van der Waals surface area contributed by atoms with E-state index in [1.807, 2.05) is 0 Å². The molecule has 1 saturated heterocycles. The third-order valence-corrected chi connectivity index (χ3v) is 5.69. The maximum Gasteiger partial charge on any atom is 0.316 e. The Bertz CT molecular complexity index is 1150. The summed E-state index contributed by atoms with van der Waals surface area (Å²) >= 11 is 7.19. The molecule has 3 aromatic rings. The van der Waals surface area contributed by atoms with Crippen LogP contribution in [0.25, 0.3) is 0 Å². The van der Waals surface area contributed by atoms with Crippen molar-refractivity contribution >= 4 is 40.9 Å². The van der Waals surface area contributed by atoms with Crippen molar-refractivity contribution in [2.75, 3.05) is 11.4 Å². The number of amides is 1. The van der Waals surface area contributed by atoms with Crippen LogP contribution in [0.1, 0.15) is 12.2 Å². The summed E-state index contributed by atoms with van der Waals surface area (Å²) in [5, 5.41) is 1.10. The molecule has 0 aliphatic carbocycles. The standard InChI is InChI=1S/C21H16ClN3O5S/c22-14-2-4-15(5-3-14)25-10-13(8-19(25)27)20(28)30-18-11-29-16(9-17(18)26)12-31-21-23-6-1-7-24-21/h1-7,9,11,13H,8,10,12H2. The van der Waals surface area contributed by atoms with Crippen molar-refractivity contribution in [3.05, 3.63) is 76.1 Å². The van der Waals surface area contributed by atoms with Gasteiger partial charge in [-0.25, -0.2) is 9.97 Å². The van der Waals surface area contributed by atoms with Crippen LogP contribution >= 0.6 is 23.4 Å². The molecule has 0 saturated carbocycles. The summed E-state index contributed by atoms with van der Waals surface area (Å²) in [5.74, 6) is -1.02. The summed E-state index contributed by atoms with van der Waals surface area (Å²) in [7, 11) is 0. The van der Waals surface area contributed by atoms with Crippen LogP contribution in [0.3, 0.4) is 0 Å². The number of rotatable bonds is 6. The Morgan fingerprint density at radius 3 is 2.68 bits per heavy atom. The lowest BCUT2D eigenvalue weighted by Crippen LogP contribution is -2.28. The van der Waals surface area contributed by atoms with Gasteiger partial charge in [0.25, 0.3) is 0 Å². The van der Waals surface area contributed by atoms with Crippen molar-refractivity contribution in [3.63, 3.8) is 0 Å². The van der Waals surface area contributed by atoms with E-state index in [4.69, 9.17) is 20.8 Å². The molecule has 10 heteroatoms. The molecule has 1 aromatic carbocycles. The number of carbonyl (C=O) groups excluding carboxylic acids is 2. The van der Waals surface area contributed by atoms with Crippen LogP contribution in [0, 0.1) is 5.92 Å². The topological polar surface area (TPSA) is 103 Å². The van der Waals surface area contributed by atoms with E-state index in [9.17, 15) is 14.4 Å². The number of ether oxygens (including phenoxy) is 1. The molecule has 1 fully saturated rings. The first-order valence-corrected chi connectivity index (χ1v) is 10.6. The normalized spacial score (nSPS) is 15.8. The smallest absolute Gasteiger partial charge is 0.316 e. The van der Waals surface area contributed by atoms with Crippen molar-refractivity contribution in [2.45, 2.75) is 17.3 Å². The molecule has 2 aromatic heterocycles. The van der Waals surface area contributed by atoms with Crippen molar-refractivity contribution in [1.82, 2.24) is 9.97 Å². The monoisotopic (exact) mass is 457 g/mol. The first-order chi connectivity index (χ1) is 15.0. The van der Waals surface area contributed by atoms with E-state index in [2.05, 4.69) is 9.97 Å². The second-order valence-electron chi connectivity index (χ2n) is 6.70. The van der Waals surface area contributed by atoms with E-state index in [-0.39, 0.29) is 24.6 Å². The lowest BCUT2D eigenvalue weighted by atomic mass is 10.1. The molecule has 1 aliphatic rings. The fourth-order valence-electron chi connectivity index (χ4n) is 3.01. The molecule has 1 atom stereocenters. The third-order valence-electron chi connectivity index (χ3n) is 4.55. The number of thioether (sulfide) groups is 1. The van der Waals surface area contributed by atoms with Crippen molar-refractivity contribution in [2.24, 2.45) is 5.92 Å². The van der Waals surface area contributed by atoms with Crippen LogP contribution in [-0.2, 0) is 15.3 Å². The van der Waals surface area contributed by atoms with E-state index in [1.54, 1.807) is 42.7 Å². The minimum Gasteiger partial charge on any atom is -0.464 e. The number of anilines is 1. The average molecular weight is 458 g/mol. The quantitative estimate of drug-likeness (QED) is 0.315. The number of benzene rings is 1. The Balaban J connectivity index is 1.37. The minimum atomic E-state index is -0.687. The largest absolute Gasteiger partial charge is 0.464 e. The summed E-state index contributed by atoms with van der Waals surface area (Å²) in [5.41, 5.74) is 0.163. The van der Waals surface area contributed by atoms with E-state index in [0.29, 0.717) is 27.4 Å². The molecule has 0 spiro atoms. The van der Waals surface area contributed by atoms with Crippen LogP contribution < -0.4 is 15.1 Å². The van der Waals surface area contributed by atoms with Crippen LogP contribution in [0.2, 0.25) is 5.02 Å². The van der Waals surface area contributed by atoms with E-state index in [1.165, 1.54) is 22.7 Å². The summed E-state index contributed by atoms with van der Waals surface area (Å²) in [6.45, 7) is 0.163. The van der Waals surface area contributed by atoms with Crippen LogP contribution in [0.15, 0.2) is 69.4 Å². The molecule has 1 aliphatic heterocycles. The van der Waals surface area contributed by atoms with Gasteiger partial charge in [-0.1, -0.05) is 23.4 Å². The van der Waals surface area contributed by atoms with Crippen molar-refractivity contribution < 1.29 is 18.7 Å². The van der Waals surface area contributed by atoms with Gasteiger partial charge in [-0.05, 0) is 30.3 Å². The second-order valence-corrected chi connectivity index (χ2v) is 8.08. The Labute approximate surface area is 186 Å². The highest BCUT2D eigenvalue weighted by atomic mass is 35.5. The first kappa shape index (κ1) is 21.1. The number of hydrogen-bond acceptors (Lipinski definition) is 8. The van der Waals surface area contributed by atoms with Crippen molar-refractivity contribution in [3.8, 4) is 5.75 Å². The molecule has 3 heterocycles. The molecule has 1 amide bonds. The van der Waals surface area contributed by atoms with Crippen LogP contribution in [-0.4, -0.2) is 28.4 Å². The zero-order valence-corrected chi connectivity index (χ0v) is 17.6. The summed E-state index contributed by atoms with van der Waals surface area (Å²) in [6, 6.07) is 9.73. The minimum absolute atomic E-state index is 0.00140. The van der Waals surface area contributed by atoms with Crippen LogP contribution in [0.5, 0.6) is 5.75 Å². The number of halogens is 1. The van der Waals surface area contributed by atoms with Gasteiger partial charge in [-0.2, -0.15) is 0 Å². The fraction of sp³-hybridized carbons (Fsp3) is 0.190. The number of hydrogen-bond donors (Lipinski definition) is 0.